The van der Waals surface area contributed by atoms with Gasteiger partial charge in [-0.25, -0.2) is 0 Å². The minimum atomic E-state index is -1.78. The Morgan fingerprint density at radius 2 is 0.956 bits per heavy atom. The number of primary amides is 1. The van der Waals surface area contributed by atoms with E-state index in [1.54, 1.807) is 34.6 Å². The van der Waals surface area contributed by atoms with Crippen LogP contribution in [-0.2, 0) is 73.8 Å². The minimum Gasteiger partial charge on any atom is -0.481 e. The first-order valence-corrected chi connectivity index (χ1v) is 42.7. The summed E-state index contributed by atoms with van der Waals surface area (Å²) in [5, 5.41) is 96.7. The van der Waals surface area contributed by atoms with E-state index in [9.17, 15) is 73.5 Å². The molecule has 17 atom stereocenters. The number of hydrogen-bond acceptors (Lipinski definition) is 23. The van der Waals surface area contributed by atoms with Crippen LogP contribution in [0.15, 0.2) is 24.3 Å². The van der Waals surface area contributed by atoms with E-state index in [0.717, 1.165) is 30.5 Å². The SMILES string of the molecule is CCC[C@@H]1NC(=O)[C@H](CC2CNC3NCCCC23)NC(=O)[C@H]([C@@H](C)O)NC(=O)[C@H](CC2CNCN2)NC(=O)[C@H](CC2CCC(O)CC2)NC(=O)[C@H](C(C)(C)C)NC(=O)CCSCc2ccc(cc2)CSC[C@@H](C(N)=O)NC(=O)[C@H]([C@@H](C)O)NC(=O)[C@H](CCC)NC(=O)[C@H](CC2CCC(O)CC2)NC(=O)[C@H](CCC(=O)O)NC1=O. The van der Waals surface area contributed by atoms with E-state index in [0.29, 0.717) is 94.8 Å². The van der Waals surface area contributed by atoms with Crippen LogP contribution in [0.4, 0.5) is 0 Å². The van der Waals surface area contributed by atoms with Gasteiger partial charge in [-0.05, 0) is 176 Å². The largest absolute Gasteiger partial charge is 0.481 e. The molecule has 2 saturated carbocycles. The quantitative estimate of drug-likeness (QED) is 0.0734. The fraction of sp³-hybridized carbons (Fsp3) is 0.753. The Balaban J connectivity index is 1.22. The third-order valence-electron chi connectivity index (χ3n) is 22.2. The molecule has 7 aliphatic rings. The summed E-state index contributed by atoms with van der Waals surface area (Å²) in [5.74, 6) is -11.0. The van der Waals surface area contributed by atoms with Gasteiger partial charge in [0.1, 0.15) is 66.5 Å². The molecule has 5 heterocycles. The molecule has 36 heteroatoms. The second-order valence-corrected chi connectivity index (χ2v) is 34.7. The van der Waals surface area contributed by atoms with E-state index in [1.165, 1.54) is 37.4 Å². The van der Waals surface area contributed by atoms with E-state index in [2.05, 4.69) is 79.8 Å². The first kappa shape index (κ1) is 92.9. The van der Waals surface area contributed by atoms with Crippen molar-refractivity contribution in [2.75, 3.05) is 37.8 Å². The van der Waals surface area contributed by atoms with Crippen LogP contribution in [0.2, 0.25) is 0 Å². The summed E-state index contributed by atoms with van der Waals surface area (Å²) in [6.07, 6.45) is -0.0477. The predicted octanol–water partition coefficient (Wildman–Crippen LogP) is -1.63. The van der Waals surface area contributed by atoms with Crippen molar-refractivity contribution in [1.82, 2.24) is 79.8 Å². The maximum Gasteiger partial charge on any atom is 0.303 e. The van der Waals surface area contributed by atoms with Gasteiger partial charge in [-0.1, -0.05) is 71.7 Å². The van der Waals surface area contributed by atoms with Crippen molar-refractivity contribution in [3.05, 3.63) is 35.4 Å². The van der Waals surface area contributed by atoms with Crippen LogP contribution in [0.3, 0.4) is 0 Å². The number of carbonyl (C=O) groups is 13. The molecule has 5 fully saturated rings. The molecule has 2 bridgehead atoms. The van der Waals surface area contributed by atoms with Gasteiger partial charge < -0.3 is 111 Å². The van der Waals surface area contributed by atoms with Crippen LogP contribution in [0.1, 0.15) is 194 Å². The lowest BCUT2D eigenvalue weighted by Gasteiger charge is -2.34. The molecule has 4 unspecified atom stereocenters. The van der Waals surface area contributed by atoms with Gasteiger partial charge in [-0.2, -0.15) is 23.5 Å². The van der Waals surface area contributed by atoms with Gasteiger partial charge in [0.25, 0.3) is 0 Å². The Kier molecular flexibility index (Phi) is 37.7. The molecule has 2 aliphatic carbocycles. The van der Waals surface area contributed by atoms with Gasteiger partial charge in [-0.15, -0.1) is 0 Å². The lowest BCUT2D eigenvalue weighted by Crippen LogP contribution is -2.63. The monoisotopic (exact) mass is 1630 g/mol. The molecule has 113 heavy (non-hydrogen) atoms. The topological polar surface area (TPSA) is 530 Å². The molecule has 0 radical (unpaired) electrons. The van der Waals surface area contributed by atoms with Crippen molar-refractivity contribution in [3.8, 4) is 0 Å². The van der Waals surface area contributed by atoms with Gasteiger partial charge in [0.15, 0.2) is 0 Å². The number of hydrogen-bond donors (Lipinski definition) is 21. The molecule has 22 N–H and O–H groups in total. The van der Waals surface area contributed by atoms with Crippen LogP contribution in [0.25, 0.3) is 0 Å². The maximum atomic E-state index is 15.2. The Hall–Kier alpha value is -7.29. The number of aliphatic hydroxyl groups excluding tert-OH is 4. The third kappa shape index (κ3) is 30.1. The number of nitrogens with two attached hydrogens (primary N) is 1. The van der Waals surface area contributed by atoms with Gasteiger partial charge in [0, 0.05) is 55.1 Å². The van der Waals surface area contributed by atoms with Crippen LogP contribution in [0.5, 0.6) is 0 Å². The first-order chi connectivity index (χ1) is 53.7. The Bertz CT molecular complexity index is 3350. The number of carboxylic acid groups (broad SMARTS) is 1. The van der Waals surface area contributed by atoms with Crippen LogP contribution in [0, 0.1) is 29.1 Å². The van der Waals surface area contributed by atoms with E-state index in [-0.39, 0.29) is 87.0 Å². The molecule has 0 spiro atoms. The number of aliphatic hydroxyl groups is 4. The van der Waals surface area contributed by atoms with Crippen molar-refractivity contribution >= 4 is 100 Å². The van der Waals surface area contributed by atoms with Gasteiger partial charge in [0.05, 0.1) is 30.6 Å². The number of nitrogens with one attached hydrogen (secondary N) is 15. The lowest BCUT2D eigenvalue weighted by molar-refractivity contribution is -0.139. The van der Waals surface area contributed by atoms with Crippen LogP contribution in [-0.4, -0.2) is 243 Å². The number of thioether (sulfide) groups is 2. The summed E-state index contributed by atoms with van der Waals surface area (Å²) < 4.78 is 0. The summed E-state index contributed by atoms with van der Waals surface area (Å²) in [4.78, 5) is 187. The molecule has 8 rings (SSSR count). The smallest absolute Gasteiger partial charge is 0.303 e. The molecule has 5 aliphatic heterocycles. The average Bonchev–Trinajstić information content (AvgIpc) is 1.81. The summed E-state index contributed by atoms with van der Waals surface area (Å²) >= 11 is 2.76. The number of amides is 12. The summed E-state index contributed by atoms with van der Waals surface area (Å²) in [7, 11) is 0. The summed E-state index contributed by atoms with van der Waals surface area (Å²) in [6.45, 7) is 13.1. The summed E-state index contributed by atoms with van der Waals surface area (Å²) in [6, 6.07) is -8.83. The number of carboxylic acids is 1. The number of carbonyl (C=O) groups excluding carboxylic acids is 12. The van der Waals surface area contributed by atoms with Crippen molar-refractivity contribution in [1.29, 1.82) is 0 Å². The second-order valence-electron chi connectivity index (χ2n) is 32.6. The number of rotatable bonds is 18. The van der Waals surface area contributed by atoms with Gasteiger partial charge >= 0.3 is 5.97 Å². The minimum absolute atomic E-state index is 0.0119. The lowest BCUT2D eigenvalue weighted by atomic mass is 9.82. The van der Waals surface area contributed by atoms with E-state index in [4.69, 9.17) is 5.73 Å². The second kappa shape index (κ2) is 45.9. The zero-order chi connectivity index (χ0) is 82.6. The molecule has 634 valence electrons. The fourth-order valence-corrected chi connectivity index (χ4v) is 17.5. The van der Waals surface area contributed by atoms with Crippen molar-refractivity contribution in [2.24, 2.45) is 34.8 Å². The highest BCUT2D eigenvalue weighted by molar-refractivity contribution is 7.98. The standard InChI is InChI=1S/C77H126N16O18S2/c1-8-11-52-67(102)85-54(26-27-61(99)100)68(103)86-55(31-43-18-22-49(96)23-19-43)70(105)84-53(12-9-2)69(104)92-63(42(4)95)75(110)90-59(65(78)101)39-113-38-46-16-14-45(15-17-46)37-112-30-28-60(98)91-64(77(5,6)7)76(111)89-56(32-44-20-24-50(97)25-21-44)71(106)87-58(34-48-36-79-40-82-48)73(108)93-62(41(3)94)74(109)88-57(72(107)83-52)33-47-35-81-66-51(47)13-10-29-80-66/h14-17,41-44,47-59,62-64,66,79-82,94-97H,8-13,18-40H2,1-7H3,(H2,78,101)(H,83,107)(H,84,105)(H,85,102)(H,86,103)(H,87,106)(H,88,109)(H,89,111)(H,90,110)(H,91,98)(H,92,104)(H,93,108)(H,99,100)/t41-,42-,43?,44?,47?,48?,49?,50?,51?,52+,53+,54+,55+,56+,57+,58+,59+,62+,63+,64-,66?/m1/s1. The van der Waals surface area contributed by atoms with Gasteiger partial charge in [-0.3, -0.25) is 62.3 Å². The van der Waals surface area contributed by atoms with Gasteiger partial charge in [0.2, 0.25) is 70.9 Å². The normalized spacial score (nSPS) is 32.5. The molecule has 1 aromatic rings. The molecule has 12 amide bonds. The molecular weight excluding hydrogens is 1500 g/mol. The number of fused-ring (bicyclic) bond motifs is 42. The van der Waals surface area contributed by atoms with E-state index < -0.39 is 192 Å². The number of benzene rings is 1. The maximum absolute atomic E-state index is 15.2. The zero-order valence-corrected chi connectivity index (χ0v) is 68.0. The first-order valence-electron chi connectivity index (χ1n) is 40.4. The average molecular weight is 1630 g/mol. The molecule has 3 saturated heterocycles. The fourth-order valence-electron chi connectivity index (χ4n) is 15.6. The molecule has 34 nitrogen and oxygen atoms in total. The van der Waals surface area contributed by atoms with Crippen LogP contribution >= 0.6 is 23.5 Å². The third-order valence-corrected chi connectivity index (χ3v) is 24.4. The number of aliphatic carboxylic acids is 1. The Labute approximate surface area is 670 Å². The van der Waals surface area contributed by atoms with Crippen LogP contribution < -0.4 is 85.5 Å². The van der Waals surface area contributed by atoms with E-state index >= 15 is 14.4 Å². The highest BCUT2D eigenvalue weighted by atomic mass is 32.2. The Morgan fingerprint density at radius 3 is 1.43 bits per heavy atom. The highest BCUT2D eigenvalue weighted by Gasteiger charge is 2.44. The molecular formula is C77H126N16O18S2. The highest BCUT2D eigenvalue weighted by Crippen LogP contribution is 2.34. The van der Waals surface area contributed by atoms with Crippen molar-refractivity contribution in [2.45, 2.75) is 298 Å². The molecule has 0 aromatic heterocycles. The Morgan fingerprint density at radius 1 is 0.513 bits per heavy atom. The molecule has 1 aromatic carbocycles. The summed E-state index contributed by atoms with van der Waals surface area (Å²) in [5.41, 5.74) is 6.70. The zero-order valence-electron chi connectivity index (χ0n) is 66.4. The predicted molar refractivity (Wildman–Crippen MR) is 424 cm³/mol. The van der Waals surface area contributed by atoms with E-state index in [1.807, 2.05) is 24.3 Å². The number of piperidine rings is 1. The van der Waals surface area contributed by atoms with Crippen molar-refractivity contribution < 1.29 is 87.9 Å². The van der Waals surface area contributed by atoms with Crippen molar-refractivity contribution in [3.63, 3.8) is 0 Å².